The Morgan fingerprint density at radius 2 is 2.00 bits per heavy atom. The highest BCUT2D eigenvalue weighted by atomic mass is 16.5. The van der Waals surface area contributed by atoms with Gasteiger partial charge < -0.3 is 9.84 Å². The molecule has 16 heavy (non-hydrogen) atoms. The van der Waals surface area contributed by atoms with Crippen LogP contribution in [0.3, 0.4) is 0 Å². The fourth-order valence-electron chi connectivity index (χ4n) is 2.57. The van der Waals surface area contributed by atoms with Crippen molar-refractivity contribution in [1.29, 1.82) is 0 Å². The summed E-state index contributed by atoms with van der Waals surface area (Å²) in [5, 5.41) is 10.7. The molecule has 1 aliphatic rings. The Morgan fingerprint density at radius 1 is 1.38 bits per heavy atom. The molecule has 0 aromatic heterocycles. The summed E-state index contributed by atoms with van der Waals surface area (Å²) in [5.74, 6) is 0.326. The van der Waals surface area contributed by atoms with Gasteiger partial charge in [-0.2, -0.15) is 0 Å². The number of carbonyl (C=O) groups excluding carboxylic acids is 1. The van der Waals surface area contributed by atoms with Gasteiger partial charge in [-0.05, 0) is 39.0 Å². The van der Waals surface area contributed by atoms with Gasteiger partial charge >= 0.3 is 5.97 Å². The zero-order valence-electron chi connectivity index (χ0n) is 10.9. The van der Waals surface area contributed by atoms with E-state index in [4.69, 9.17) is 4.74 Å². The zero-order valence-corrected chi connectivity index (χ0v) is 10.9. The molecule has 1 fully saturated rings. The van der Waals surface area contributed by atoms with Crippen molar-refractivity contribution < 1.29 is 14.6 Å². The van der Waals surface area contributed by atoms with Crippen LogP contribution in [0.1, 0.15) is 52.9 Å². The molecule has 0 aliphatic heterocycles. The van der Waals surface area contributed by atoms with Crippen LogP contribution in [0.5, 0.6) is 0 Å². The Balaban J connectivity index is 2.86. The average molecular weight is 228 g/mol. The molecule has 3 heteroatoms. The van der Waals surface area contributed by atoms with E-state index >= 15 is 0 Å². The number of esters is 1. The molecule has 1 saturated carbocycles. The van der Waals surface area contributed by atoms with E-state index in [1.807, 2.05) is 0 Å². The summed E-state index contributed by atoms with van der Waals surface area (Å²) in [6.45, 7) is 5.78. The molecule has 2 atom stereocenters. The van der Waals surface area contributed by atoms with E-state index in [0.717, 1.165) is 19.3 Å². The number of rotatable bonds is 2. The minimum atomic E-state index is -0.912. The molecule has 0 saturated heterocycles. The van der Waals surface area contributed by atoms with Crippen molar-refractivity contribution in [3.05, 3.63) is 0 Å². The molecule has 0 aromatic rings. The smallest absolute Gasteiger partial charge is 0.314 e. The Kier molecular flexibility index (Phi) is 4.00. The fourth-order valence-corrected chi connectivity index (χ4v) is 2.57. The van der Waals surface area contributed by atoms with Gasteiger partial charge in [-0.25, -0.2) is 0 Å². The summed E-state index contributed by atoms with van der Waals surface area (Å²) in [5.41, 5.74) is -1.73. The predicted octanol–water partition coefficient (Wildman–Crippen LogP) is 2.52. The van der Waals surface area contributed by atoms with E-state index in [9.17, 15) is 9.90 Å². The van der Waals surface area contributed by atoms with Crippen molar-refractivity contribution >= 4 is 5.97 Å². The number of hydrogen-bond donors (Lipinski definition) is 1. The fraction of sp³-hybridized carbons (Fsp3) is 0.923. The number of carbonyl (C=O) groups is 1. The van der Waals surface area contributed by atoms with Gasteiger partial charge in [0.2, 0.25) is 0 Å². The second kappa shape index (κ2) is 4.74. The van der Waals surface area contributed by atoms with E-state index in [0.29, 0.717) is 18.8 Å². The van der Waals surface area contributed by atoms with E-state index in [1.54, 1.807) is 13.8 Å². The molecule has 0 bridgehead atoms. The molecule has 1 aliphatic carbocycles. The van der Waals surface area contributed by atoms with Gasteiger partial charge in [-0.3, -0.25) is 4.79 Å². The summed E-state index contributed by atoms with van der Waals surface area (Å²) in [6, 6.07) is 0. The lowest BCUT2D eigenvalue weighted by Gasteiger charge is -2.40. The summed E-state index contributed by atoms with van der Waals surface area (Å²) < 4.78 is 4.80. The van der Waals surface area contributed by atoms with Gasteiger partial charge in [0.25, 0.3) is 0 Å². The second-order valence-electron chi connectivity index (χ2n) is 5.68. The molecule has 0 amide bonds. The zero-order chi connectivity index (χ0) is 12.4. The molecule has 3 nitrogen and oxygen atoms in total. The van der Waals surface area contributed by atoms with Crippen LogP contribution in [0.2, 0.25) is 0 Å². The molecular weight excluding hydrogens is 204 g/mol. The Hall–Kier alpha value is -0.570. The SMILES string of the molecule is COC(=O)C(C)(C)C1(O)CCCC(C)CC1. The monoisotopic (exact) mass is 228 g/mol. The molecule has 94 valence electrons. The van der Waals surface area contributed by atoms with E-state index in [1.165, 1.54) is 7.11 Å². The Bertz CT molecular complexity index is 260. The number of methoxy groups -OCH3 is 1. The molecule has 0 heterocycles. The molecule has 1 rings (SSSR count). The minimum Gasteiger partial charge on any atom is -0.469 e. The van der Waals surface area contributed by atoms with Crippen molar-refractivity contribution in [2.75, 3.05) is 7.11 Å². The first-order chi connectivity index (χ1) is 7.33. The van der Waals surface area contributed by atoms with Crippen molar-refractivity contribution in [3.63, 3.8) is 0 Å². The van der Waals surface area contributed by atoms with Crippen LogP contribution < -0.4 is 0 Å². The van der Waals surface area contributed by atoms with Crippen molar-refractivity contribution in [2.45, 2.75) is 58.5 Å². The van der Waals surface area contributed by atoms with Crippen LogP contribution in [0.25, 0.3) is 0 Å². The Morgan fingerprint density at radius 3 is 2.56 bits per heavy atom. The van der Waals surface area contributed by atoms with Crippen LogP contribution in [0, 0.1) is 11.3 Å². The molecule has 2 unspecified atom stereocenters. The Labute approximate surface area is 98.2 Å². The highest BCUT2D eigenvalue weighted by Gasteiger charge is 2.49. The van der Waals surface area contributed by atoms with Crippen LogP contribution >= 0.6 is 0 Å². The van der Waals surface area contributed by atoms with Gasteiger partial charge in [-0.1, -0.05) is 19.8 Å². The average Bonchev–Trinajstić information content (AvgIpc) is 2.41. The first kappa shape index (κ1) is 13.5. The number of aliphatic hydroxyl groups is 1. The molecule has 1 N–H and O–H groups in total. The maximum absolute atomic E-state index is 11.7. The van der Waals surface area contributed by atoms with Crippen LogP contribution in [-0.2, 0) is 9.53 Å². The molecular formula is C13H24O3. The second-order valence-corrected chi connectivity index (χ2v) is 5.68. The van der Waals surface area contributed by atoms with E-state index in [-0.39, 0.29) is 5.97 Å². The first-order valence-electron chi connectivity index (χ1n) is 6.14. The molecule has 0 aromatic carbocycles. The van der Waals surface area contributed by atoms with Crippen molar-refractivity contribution in [3.8, 4) is 0 Å². The third-order valence-electron chi connectivity index (χ3n) is 4.20. The third kappa shape index (κ3) is 2.40. The van der Waals surface area contributed by atoms with Gasteiger partial charge in [0, 0.05) is 0 Å². The highest BCUT2D eigenvalue weighted by Crippen LogP contribution is 2.43. The lowest BCUT2D eigenvalue weighted by Crippen LogP contribution is -2.49. The topological polar surface area (TPSA) is 46.5 Å². The van der Waals surface area contributed by atoms with E-state index < -0.39 is 11.0 Å². The lowest BCUT2D eigenvalue weighted by atomic mass is 9.70. The summed E-state index contributed by atoms with van der Waals surface area (Å²) in [6.07, 6.45) is 4.49. The van der Waals surface area contributed by atoms with Crippen molar-refractivity contribution in [2.24, 2.45) is 11.3 Å². The quantitative estimate of drug-likeness (QED) is 0.583. The minimum absolute atomic E-state index is 0.315. The van der Waals surface area contributed by atoms with Crippen LogP contribution in [-0.4, -0.2) is 23.8 Å². The summed E-state index contributed by atoms with van der Waals surface area (Å²) >= 11 is 0. The van der Waals surface area contributed by atoms with Crippen LogP contribution in [0.4, 0.5) is 0 Å². The van der Waals surface area contributed by atoms with Crippen LogP contribution in [0.15, 0.2) is 0 Å². The lowest BCUT2D eigenvalue weighted by molar-refractivity contribution is -0.170. The number of hydrogen-bond acceptors (Lipinski definition) is 3. The van der Waals surface area contributed by atoms with Gasteiger partial charge in [-0.15, -0.1) is 0 Å². The summed E-state index contributed by atoms with van der Waals surface area (Å²) in [7, 11) is 1.38. The van der Waals surface area contributed by atoms with Gasteiger partial charge in [0.05, 0.1) is 18.1 Å². The predicted molar refractivity (Wildman–Crippen MR) is 63.0 cm³/mol. The largest absolute Gasteiger partial charge is 0.469 e. The van der Waals surface area contributed by atoms with E-state index in [2.05, 4.69) is 6.92 Å². The maximum Gasteiger partial charge on any atom is 0.314 e. The van der Waals surface area contributed by atoms with Gasteiger partial charge in [0.1, 0.15) is 0 Å². The standard InChI is InChI=1S/C13H24O3/c1-10-6-5-8-13(15,9-7-10)12(2,3)11(14)16-4/h10,15H,5-9H2,1-4H3. The maximum atomic E-state index is 11.7. The van der Waals surface area contributed by atoms with Crippen molar-refractivity contribution in [1.82, 2.24) is 0 Å². The molecule has 0 radical (unpaired) electrons. The normalized spacial score (nSPS) is 31.9. The summed E-state index contributed by atoms with van der Waals surface area (Å²) in [4.78, 5) is 11.7. The highest BCUT2D eigenvalue weighted by molar-refractivity contribution is 5.77. The third-order valence-corrected chi connectivity index (χ3v) is 4.20. The number of ether oxygens (including phenoxy) is 1. The van der Waals surface area contributed by atoms with Gasteiger partial charge in [0.15, 0.2) is 0 Å². The first-order valence-corrected chi connectivity index (χ1v) is 6.14. The molecule has 0 spiro atoms.